The van der Waals surface area contributed by atoms with E-state index < -0.39 is 18.0 Å². The van der Waals surface area contributed by atoms with Crippen molar-refractivity contribution in [1.29, 1.82) is 0 Å². The number of aliphatic hydroxyl groups excluding tert-OH is 1. The standard InChI is InChI=1S/C20H17N3O4S.Na/c1-10(24)15-13-7-12(17(20(26)27)23(13)19(15)25)18-16(11-5-3-2-4-6-11)22-9-21-8-14(22)28-18;/h2-6,8-10,13,15,24H,7H2,1H3,(H,26,27);/q;+1/p-1/t10-,13-,15-;/m1./s1. The number of carboxylic acids is 1. The van der Waals surface area contributed by atoms with Crippen molar-refractivity contribution < 1.29 is 49.4 Å². The van der Waals surface area contributed by atoms with Crippen LogP contribution in [0.2, 0.25) is 0 Å². The summed E-state index contributed by atoms with van der Waals surface area (Å²) in [4.78, 5) is 31.6. The molecule has 3 atom stereocenters. The third-order valence-electron chi connectivity index (χ3n) is 5.51. The van der Waals surface area contributed by atoms with Gasteiger partial charge in [0.25, 0.3) is 0 Å². The molecule has 0 spiro atoms. The number of imidazole rings is 1. The van der Waals surface area contributed by atoms with E-state index >= 15 is 0 Å². The normalized spacial score (nSPS) is 21.7. The monoisotopic (exact) mass is 417 g/mol. The summed E-state index contributed by atoms with van der Waals surface area (Å²) in [5.74, 6) is -2.31. The van der Waals surface area contributed by atoms with Crippen molar-refractivity contribution in [2.24, 2.45) is 5.92 Å². The number of thiazole rings is 1. The van der Waals surface area contributed by atoms with Crippen LogP contribution in [0.4, 0.5) is 0 Å². The van der Waals surface area contributed by atoms with Crippen LogP contribution >= 0.6 is 11.3 Å². The summed E-state index contributed by atoms with van der Waals surface area (Å²) in [5.41, 5.74) is 2.27. The Morgan fingerprint density at radius 2 is 2.07 bits per heavy atom. The minimum Gasteiger partial charge on any atom is -0.543 e. The van der Waals surface area contributed by atoms with Crippen LogP contribution in [0.25, 0.3) is 21.7 Å². The van der Waals surface area contributed by atoms with Crippen molar-refractivity contribution >= 4 is 33.6 Å². The molecule has 2 aliphatic rings. The molecule has 0 saturated carbocycles. The van der Waals surface area contributed by atoms with E-state index in [1.165, 1.54) is 16.2 Å². The zero-order valence-corrected chi connectivity index (χ0v) is 18.7. The molecule has 5 rings (SSSR count). The summed E-state index contributed by atoms with van der Waals surface area (Å²) in [6.07, 6.45) is 2.98. The average molecular weight is 417 g/mol. The van der Waals surface area contributed by atoms with Gasteiger partial charge in [0.2, 0.25) is 5.91 Å². The molecule has 7 nitrogen and oxygen atoms in total. The largest absolute Gasteiger partial charge is 1.00 e. The fourth-order valence-electron chi connectivity index (χ4n) is 4.32. The zero-order chi connectivity index (χ0) is 19.6. The molecule has 0 bridgehead atoms. The van der Waals surface area contributed by atoms with Crippen molar-refractivity contribution in [2.75, 3.05) is 0 Å². The van der Waals surface area contributed by atoms with Gasteiger partial charge < -0.3 is 19.9 Å². The first-order chi connectivity index (χ1) is 13.5. The zero-order valence-electron chi connectivity index (χ0n) is 15.9. The number of fused-ring (bicyclic) bond motifs is 2. The second kappa shape index (κ2) is 7.37. The SMILES string of the molecule is C[C@@H](O)[C@H]1C(=O)N2C(C(=O)[O-])=C(c3sc4cncn4c3-c3ccccc3)C[C@H]12.[Na+]. The summed E-state index contributed by atoms with van der Waals surface area (Å²) in [6, 6.07) is 9.32. The van der Waals surface area contributed by atoms with Crippen LogP contribution in [-0.2, 0) is 9.59 Å². The van der Waals surface area contributed by atoms with Crippen LogP contribution in [-0.4, -0.2) is 43.4 Å². The van der Waals surface area contributed by atoms with Crippen LogP contribution in [0.3, 0.4) is 0 Å². The minimum absolute atomic E-state index is 0. The van der Waals surface area contributed by atoms with Crippen LogP contribution < -0.4 is 34.7 Å². The van der Waals surface area contributed by atoms with Gasteiger partial charge in [0.1, 0.15) is 11.2 Å². The maximum Gasteiger partial charge on any atom is 1.00 e. The number of rotatable bonds is 4. The van der Waals surface area contributed by atoms with E-state index in [4.69, 9.17) is 0 Å². The number of amides is 1. The molecule has 9 heteroatoms. The molecule has 0 unspecified atom stereocenters. The molecule has 0 aliphatic carbocycles. The van der Waals surface area contributed by atoms with Crippen LogP contribution in [0.15, 0.2) is 48.6 Å². The minimum atomic E-state index is -1.37. The van der Waals surface area contributed by atoms with Crippen LogP contribution in [0, 0.1) is 5.92 Å². The van der Waals surface area contributed by atoms with Gasteiger partial charge in [-0.2, -0.15) is 0 Å². The van der Waals surface area contributed by atoms with E-state index in [2.05, 4.69) is 4.98 Å². The van der Waals surface area contributed by atoms with Gasteiger partial charge in [0, 0.05) is 5.56 Å². The van der Waals surface area contributed by atoms with Gasteiger partial charge in [0.05, 0.1) is 46.5 Å². The Morgan fingerprint density at radius 3 is 2.72 bits per heavy atom. The molecule has 0 radical (unpaired) electrons. The van der Waals surface area contributed by atoms with Gasteiger partial charge in [-0.05, 0) is 18.9 Å². The van der Waals surface area contributed by atoms with E-state index in [1.807, 2.05) is 34.7 Å². The molecule has 2 aliphatic heterocycles. The Morgan fingerprint density at radius 1 is 1.34 bits per heavy atom. The summed E-state index contributed by atoms with van der Waals surface area (Å²) < 4.78 is 1.93. The first-order valence-electron chi connectivity index (χ1n) is 8.95. The number of carbonyl (C=O) groups excluding carboxylic acids is 2. The van der Waals surface area contributed by atoms with E-state index in [0.29, 0.717) is 12.0 Å². The van der Waals surface area contributed by atoms with Crippen LogP contribution in [0.5, 0.6) is 0 Å². The number of carbonyl (C=O) groups is 2. The number of β-lactam (4-membered cyclic amide) rings is 1. The maximum atomic E-state index is 12.5. The Balaban J connectivity index is 0.00000205. The van der Waals surface area contributed by atoms with Crippen molar-refractivity contribution in [3.8, 4) is 11.3 Å². The molecule has 1 aromatic carbocycles. The quantitative estimate of drug-likeness (QED) is 0.397. The van der Waals surface area contributed by atoms with E-state index in [1.54, 1.807) is 19.4 Å². The first kappa shape index (κ1) is 20.3. The van der Waals surface area contributed by atoms with Gasteiger partial charge in [-0.15, -0.1) is 11.3 Å². The Kier molecular flexibility index (Phi) is 5.16. The van der Waals surface area contributed by atoms with Gasteiger partial charge in [-0.25, -0.2) is 4.98 Å². The van der Waals surface area contributed by atoms with Gasteiger partial charge in [-0.1, -0.05) is 30.3 Å². The predicted octanol–water partition coefficient (Wildman–Crippen LogP) is -1.86. The molecule has 2 aromatic heterocycles. The van der Waals surface area contributed by atoms with E-state index in [-0.39, 0.29) is 47.2 Å². The summed E-state index contributed by atoms with van der Waals surface area (Å²) in [5, 5.41) is 21.9. The van der Waals surface area contributed by atoms with Crippen molar-refractivity contribution in [3.05, 3.63) is 53.4 Å². The molecule has 1 saturated heterocycles. The maximum absolute atomic E-state index is 12.5. The van der Waals surface area contributed by atoms with Crippen molar-refractivity contribution in [1.82, 2.24) is 14.3 Å². The smallest absolute Gasteiger partial charge is 0.543 e. The molecule has 1 fully saturated rings. The molecular weight excluding hydrogens is 401 g/mol. The molecular formula is C20H16N3NaO4S. The number of aromatic nitrogens is 2. The summed E-state index contributed by atoms with van der Waals surface area (Å²) in [7, 11) is 0. The predicted molar refractivity (Wildman–Crippen MR) is 101 cm³/mol. The van der Waals surface area contributed by atoms with E-state index in [9.17, 15) is 19.8 Å². The summed E-state index contributed by atoms with van der Waals surface area (Å²) >= 11 is 1.44. The molecule has 4 heterocycles. The fourth-order valence-corrected chi connectivity index (χ4v) is 5.50. The molecule has 142 valence electrons. The number of aliphatic carboxylic acids is 1. The third-order valence-corrected chi connectivity index (χ3v) is 6.67. The van der Waals surface area contributed by atoms with Crippen molar-refractivity contribution in [2.45, 2.75) is 25.5 Å². The number of carboxylic acid groups (broad SMARTS) is 1. The number of nitrogens with zero attached hydrogens (tertiary/aromatic N) is 3. The van der Waals surface area contributed by atoms with Crippen molar-refractivity contribution in [3.63, 3.8) is 0 Å². The fraction of sp³-hybridized carbons (Fsp3) is 0.250. The Bertz CT molecular complexity index is 1150. The number of hydrogen-bond donors (Lipinski definition) is 1. The topological polar surface area (TPSA) is 98.0 Å². The second-order valence-electron chi connectivity index (χ2n) is 7.11. The third kappa shape index (κ3) is 2.90. The second-order valence-corrected chi connectivity index (χ2v) is 8.14. The molecule has 29 heavy (non-hydrogen) atoms. The number of hydrogen-bond acceptors (Lipinski definition) is 6. The van der Waals surface area contributed by atoms with E-state index in [0.717, 1.165) is 21.0 Å². The number of benzene rings is 1. The average Bonchev–Trinajstić information content (AvgIpc) is 3.32. The summed E-state index contributed by atoms with van der Waals surface area (Å²) in [6.45, 7) is 1.56. The molecule has 1 amide bonds. The first-order valence-corrected chi connectivity index (χ1v) is 9.77. The van der Waals surface area contributed by atoms with Crippen LogP contribution in [0.1, 0.15) is 18.2 Å². The van der Waals surface area contributed by atoms with Gasteiger partial charge in [0.15, 0.2) is 0 Å². The molecule has 3 aromatic rings. The number of aliphatic hydroxyl groups is 1. The molecule has 1 N–H and O–H groups in total. The van der Waals surface area contributed by atoms with Gasteiger partial charge >= 0.3 is 29.6 Å². The Hall–Kier alpha value is -1.97. The Labute approximate surface area is 192 Å². The van der Waals surface area contributed by atoms with Gasteiger partial charge in [-0.3, -0.25) is 9.20 Å².